The van der Waals surface area contributed by atoms with Gasteiger partial charge >= 0.3 is 6.09 Å². The van der Waals surface area contributed by atoms with Gasteiger partial charge in [0.1, 0.15) is 17.2 Å². The van der Waals surface area contributed by atoms with E-state index in [-0.39, 0.29) is 12.0 Å². The molecule has 0 aliphatic carbocycles. The van der Waals surface area contributed by atoms with E-state index in [1.165, 1.54) is 5.56 Å². The van der Waals surface area contributed by atoms with Crippen LogP contribution < -0.4 is 0 Å². The van der Waals surface area contributed by atoms with Crippen molar-refractivity contribution in [3.63, 3.8) is 0 Å². The van der Waals surface area contributed by atoms with Gasteiger partial charge in [0.25, 0.3) is 0 Å². The Morgan fingerprint density at radius 2 is 1.93 bits per heavy atom. The number of carbonyl (C=O) groups is 1. The topological polar surface area (TPSA) is 60.2 Å². The quantitative estimate of drug-likeness (QED) is 0.736. The van der Waals surface area contributed by atoms with Gasteiger partial charge in [0.05, 0.1) is 5.69 Å². The lowest BCUT2D eigenvalue weighted by Gasteiger charge is -2.33. The standard InChI is InChI=1S/C20H25ClN4O2/c1-20(2,3)27-19(26)24-10-8-13(9-11-24)18-23-22-17-7-4-14-12-15(21)5-6-16(14)25(17)18/h5-6,12-13H,4,7-11H2,1-3H3. The number of hydrogen-bond acceptors (Lipinski definition) is 4. The lowest BCUT2D eigenvalue weighted by atomic mass is 9.95. The Labute approximate surface area is 164 Å². The monoisotopic (exact) mass is 388 g/mol. The average molecular weight is 389 g/mol. The fourth-order valence-electron chi connectivity index (χ4n) is 3.88. The van der Waals surface area contributed by atoms with E-state index in [0.717, 1.165) is 48.0 Å². The van der Waals surface area contributed by atoms with Crippen molar-refractivity contribution in [2.75, 3.05) is 13.1 Å². The van der Waals surface area contributed by atoms with Crippen LogP contribution in [0.5, 0.6) is 0 Å². The van der Waals surface area contributed by atoms with Crippen LogP contribution in [0.1, 0.15) is 56.7 Å². The van der Waals surface area contributed by atoms with Crippen LogP contribution >= 0.6 is 11.6 Å². The molecule has 144 valence electrons. The fraction of sp³-hybridized carbons (Fsp3) is 0.550. The second kappa shape index (κ2) is 6.82. The first-order chi connectivity index (χ1) is 12.8. The Balaban J connectivity index is 1.52. The lowest BCUT2D eigenvalue weighted by molar-refractivity contribution is 0.0203. The predicted molar refractivity (Wildman–Crippen MR) is 104 cm³/mol. The molecule has 2 aliphatic rings. The maximum atomic E-state index is 12.3. The van der Waals surface area contributed by atoms with Gasteiger partial charge in [0.2, 0.25) is 0 Å². The molecule has 0 bridgehead atoms. The summed E-state index contributed by atoms with van der Waals surface area (Å²) in [6.07, 6.45) is 3.30. The van der Waals surface area contributed by atoms with Crippen molar-refractivity contribution in [2.24, 2.45) is 0 Å². The molecule has 6 nitrogen and oxygen atoms in total. The molecular formula is C20H25ClN4O2. The van der Waals surface area contributed by atoms with Crippen LogP contribution in [0.3, 0.4) is 0 Å². The highest BCUT2D eigenvalue weighted by Crippen LogP contribution is 2.34. The van der Waals surface area contributed by atoms with Gasteiger partial charge in [-0.15, -0.1) is 10.2 Å². The highest BCUT2D eigenvalue weighted by Gasteiger charge is 2.32. The molecule has 1 saturated heterocycles. The number of amides is 1. The molecule has 0 saturated carbocycles. The van der Waals surface area contributed by atoms with Gasteiger partial charge in [0.15, 0.2) is 0 Å². The summed E-state index contributed by atoms with van der Waals surface area (Å²) in [4.78, 5) is 14.1. The van der Waals surface area contributed by atoms with E-state index in [4.69, 9.17) is 16.3 Å². The number of likely N-dealkylation sites (tertiary alicyclic amines) is 1. The maximum absolute atomic E-state index is 12.3. The second-order valence-electron chi connectivity index (χ2n) is 8.32. The number of rotatable bonds is 1. The molecule has 1 aromatic heterocycles. The SMILES string of the molecule is CC(C)(C)OC(=O)N1CCC(c2nnc3n2-c2ccc(Cl)cc2CC3)CC1. The maximum Gasteiger partial charge on any atom is 0.410 e. The molecule has 2 aliphatic heterocycles. The van der Waals surface area contributed by atoms with Crippen LogP contribution in [0.15, 0.2) is 18.2 Å². The zero-order chi connectivity index (χ0) is 19.2. The van der Waals surface area contributed by atoms with Gasteiger partial charge in [-0.3, -0.25) is 4.57 Å². The summed E-state index contributed by atoms with van der Waals surface area (Å²) in [5.74, 6) is 2.29. The van der Waals surface area contributed by atoms with Gasteiger partial charge in [-0.2, -0.15) is 0 Å². The van der Waals surface area contributed by atoms with E-state index < -0.39 is 5.60 Å². The Kier molecular flexibility index (Phi) is 4.62. The summed E-state index contributed by atoms with van der Waals surface area (Å²) in [5.41, 5.74) is 1.91. The van der Waals surface area contributed by atoms with Crippen LogP contribution in [0.4, 0.5) is 4.79 Å². The van der Waals surface area contributed by atoms with E-state index in [1.807, 2.05) is 32.9 Å². The summed E-state index contributed by atoms with van der Waals surface area (Å²) in [6, 6.07) is 6.02. The van der Waals surface area contributed by atoms with Crippen molar-refractivity contribution in [2.45, 2.75) is 58.0 Å². The van der Waals surface area contributed by atoms with E-state index in [2.05, 4.69) is 20.8 Å². The summed E-state index contributed by atoms with van der Waals surface area (Å²) in [6.45, 7) is 7.03. The van der Waals surface area contributed by atoms with Crippen molar-refractivity contribution in [3.05, 3.63) is 40.4 Å². The van der Waals surface area contributed by atoms with Gasteiger partial charge < -0.3 is 9.64 Å². The van der Waals surface area contributed by atoms with Crippen molar-refractivity contribution in [3.8, 4) is 5.69 Å². The Hall–Kier alpha value is -2.08. The molecule has 0 unspecified atom stereocenters. The molecule has 4 rings (SSSR count). The minimum Gasteiger partial charge on any atom is -0.444 e. The number of carbonyl (C=O) groups excluding carboxylic acids is 1. The Morgan fingerprint density at radius 1 is 1.19 bits per heavy atom. The van der Waals surface area contributed by atoms with Crippen LogP contribution in [-0.2, 0) is 17.6 Å². The zero-order valence-corrected chi connectivity index (χ0v) is 16.8. The summed E-state index contributed by atoms with van der Waals surface area (Å²) >= 11 is 6.17. The predicted octanol–water partition coefficient (Wildman–Crippen LogP) is 4.13. The molecular weight excluding hydrogens is 364 g/mol. The van der Waals surface area contributed by atoms with Crippen molar-refractivity contribution < 1.29 is 9.53 Å². The largest absolute Gasteiger partial charge is 0.444 e. The van der Waals surface area contributed by atoms with Gasteiger partial charge in [-0.1, -0.05) is 11.6 Å². The molecule has 0 radical (unpaired) electrons. The van der Waals surface area contributed by atoms with E-state index >= 15 is 0 Å². The van der Waals surface area contributed by atoms with Gasteiger partial charge in [-0.25, -0.2) is 4.79 Å². The molecule has 2 aromatic rings. The number of halogens is 1. The first kappa shape index (κ1) is 18.3. The van der Waals surface area contributed by atoms with Crippen LogP contribution in [0.25, 0.3) is 5.69 Å². The first-order valence-corrected chi connectivity index (χ1v) is 9.90. The molecule has 0 N–H and O–H groups in total. The molecule has 0 spiro atoms. The smallest absolute Gasteiger partial charge is 0.410 e. The lowest BCUT2D eigenvalue weighted by Crippen LogP contribution is -2.41. The van der Waals surface area contributed by atoms with Crippen molar-refractivity contribution >= 4 is 17.7 Å². The fourth-order valence-corrected chi connectivity index (χ4v) is 4.08. The highest BCUT2D eigenvalue weighted by atomic mass is 35.5. The number of aryl methyl sites for hydroxylation is 2. The average Bonchev–Trinajstić information content (AvgIpc) is 3.04. The minimum absolute atomic E-state index is 0.232. The number of nitrogens with zero attached hydrogens (tertiary/aromatic N) is 4. The molecule has 1 amide bonds. The first-order valence-electron chi connectivity index (χ1n) is 9.53. The van der Waals surface area contributed by atoms with Crippen LogP contribution in [-0.4, -0.2) is 44.4 Å². The molecule has 3 heterocycles. The summed E-state index contributed by atoms with van der Waals surface area (Å²) in [5, 5.41) is 9.71. The molecule has 1 fully saturated rings. The molecule has 0 atom stereocenters. The third-order valence-corrected chi connectivity index (χ3v) is 5.40. The van der Waals surface area contributed by atoms with E-state index in [0.29, 0.717) is 13.1 Å². The van der Waals surface area contributed by atoms with E-state index in [9.17, 15) is 4.79 Å². The van der Waals surface area contributed by atoms with Crippen molar-refractivity contribution in [1.29, 1.82) is 0 Å². The molecule has 27 heavy (non-hydrogen) atoms. The second-order valence-corrected chi connectivity index (χ2v) is 8.76. The normalized spacial score (nSPS) is 17.4. The Morgan fingerprint density at radius 3 is 2.63 bits per heavy atom. The summed E-state index contributed by atoms with van der Waals surface area (Å²) < 4.78 is 7.69. The number of ether oxygens (including phenoxy) is 1. The van der Waals surface area contributed by atoms with E-state index in [1.54, 1.807) is 4.90 Å². The zero-order valence-electron chi connectivity index (χ0n) is 16.0. The summed E-state index contributed by atoms with van der Waals surface area (Å²) in [7, 11) is 0. The van der Waals surface area contributed by atoms with Crippen LogP contribution in [0, 0.1) is 0 Å². The number of hydrogen-bond donors (Lipinski definition) is 0. The van der Waals surface area contributed by atoms with Gasteiger partial charge in [-0.05, 0) is 63.8 Å². The Bertz CT molecular complexity index is 863. The molecule has 7 heteroatoms. The number of aromatic nitrogens is 3. The van der Waals surface area contributed by atoms with Gasteiger partial charge in [0, 0.05) is 30.5 Å². The number of fused-ring (bicyclic) bond motifs is 3. The van der Waals surface area contributed by atoms with Crippen molar-refractivity contribution in [1.82, 2.24) is 19.7 Å². The highest BCUT2D eigenvalue weighted by molar-refractivity contribution is 6.30. The molecule has 1 aromatic carbocycles. The third-order valence-electron chi connectivity index (χ3n) is 5.17. The number of benzene rings is 1. The number of piperidine rings is 1. The third kappa shape index (κ3) is 3.68. The van der Waals surface area contributed by atoms with Crippen LogP contribution in [0.2, 0.25) is 5.02 Å². The minimum atomic E-state index is -0.467.